The average Bonchev–Trinajstić information content (AvgIpc) is 2.67. The third-order valence-corrected chi connectivity index (χ3v) is 4.34. The van der Waals surface area contributed by atoms with Crippen molar-refractivity contribution in [3.8, 4) is 0 Å². The lowest BCUT2D eigenvalue weighted by molar-refractivity contribution is 0.0649. The van der Waals surface area contributed by atoms with Gasteiger partial charge in [-0.15, -0.1) is 0 Å². The van der Waals surface area contributed by atoms with E-state index in [1.54, 1.807) is 0 Å². The molecule has 0 aromatic heterocycles. The molecule has 1 aliphatic heterocycles. The molecule has 104 valence electrons. The molecule has 19 heavy (non-hydrogen) atoms. The van der Waals surface area contributed by atoms with Crippen LogP contribution in [0.3, 0.4) is 0 Å². The van der Waals surface area contributed by atoms with E-state index < -0.39 is 5.54 Å². The first-order valence-corrected chi connectivity index (χ1v) is 7.39. The summed E-state index contributed by atoms with van der Waals surface area (Å²) in [6.07, 6.45) is 5.02. The second-order valence-corrected chi connectivity index (χ2v) is 6.10. The molecular weight excluding hydrogens is 234 g/mol. The van der Waals surface area contributed by atoms with Gasteiger partial charge < -0.3 is 0 Å². The summed E-state index contributed by atoms with van der Waals surface area (Å²) < 4.78 is 0. The molecule has 1 aliphatic rings. The van der Waals surface area contributed by atoms with Gasteiger partial charge in [-0.1, -0.05) is 37.1 Å². The zero-order valence-corrected chi connectivity index (χ0v) is 12.4. The van der Waals surface area contributed by atoms with Crippen LogP contribution in [0.1, 0.15) is 55.5 Å². The molecular formula is C17H25NO. The lowest BCUT2D eigenvalue weighted by atomic mass is 9.89. The minimum atomic E-state index is -0.392. The molecule has 0 radical (unpaired) electrons. The van der Waals surface area contributed by atoms with Crippen LogP contribution in [0.2, 0.25) is 0 Å². The summed E-state index contributed by atoms with van der Waals surface area (Å²) in [6.45, 7) is 8.27. The molecule has 1 aromatic rings. The predicted octanol–water partition coefficient (Wildman–Crippen LogP) is 3.83. The molecule has 0 aliphatic carbocycles. The monoisotopic (exact) mass is 259 g/mol. The first kappa shape index (κ1) is 14.3. The summed E-state index contributed by atoms with van der Waals surface area (Å²) in [5.74, 6) is 0.257. The number of carbonyl (C=O) groups excluding carboxylic acids is 1. The van der Waals surface area contributed by atoms with E-state index in [1.165, 1.54) is 25.7 Å². The van der Waals surface area contributed by atoms with E-state index in [2.05, 4.69) is 18.7 Å². The van der Waals surface area contributed by atoms with Crippen LogP contribution in [-0.4, -0.2) is 29.3 Å². The SMILES string of the molecule is Cc1ccccc1C(=O)C(C)(C)N1CCCCCC1. The highest BCUT2D eigenvalue weighted by molar-refractivity contribution is 6.03. The topological polar surface area (TPSA) is 20.3 Å². The van der Waals surface area contributed by atoms with Crippen LogP contribution < -0.4 is 0 Å². The van der Waals surface area contributed by atoms with Gasteiger partial charge in [-0.3, -0.25) is 9.69 Å². The summed E-state index contributed by atoms with van der Waals surface area (Å²) in [5, 5.41) is 0. The summed E-state index contributed by atoms with van der Waals surface area (Å²) in [5.41, 5.74) is 1.56. The van der Waals surface area contributed by atoms with E-state index in [-0.39, 0.29) is 5.78 Å². The fourth-order valence-electron chi connectivity index (χ4n) is 2.93. The molecule has 0 atom stereocenters. The van der Waals surface area contributed by atoms with Gasteiger partial charge in [-0.25, -0.2) is 0 Å². The number of nitrogens with zero attached hydrogens (tertiary/aromatic N) is 1. The van der Waals surface area contributed by atoms with Gasteiger partial charge >= 0.3 is 0 Å². The molecule has 1 saturated heterocycles. The summed E-state index contributed by atoms with van der Waals surface area (Å²) in [4.78, 5) is 15.2. The predicted molar refractivity (Wildman–Crippen MR) is 79.6 cm³/mol. The smallest absolute Gasteiger partial charge is 0.182 e. The Bertz CT molecular complexity index is 442. The van der Waals surface area contributed by atoms with Crippen molar-refractivity contribution in [2.75, 3.05) is 13.1 Å². The van der Waals surface area contributed by atoms with Gasteiger partial charge in [-0.05, 0) is 52.3 Å². The Balaban J connectivity index is 2.23. The first-order valence-electron chi connectivity index (χ1n) is 7.39. The van der Waals surface area contributed by atoms with Crippen molar-refractivity contribution in [3.63, 3.8) is 0 Å². The molecule has 1 aromatic carbocycles. The highest BCUT2D eigenvalue weighted by Crippen LogP contribution is 2.25. The normalized spacial score (nSPS) is 18.1. The van der Waals surface area contributed by atoms with Crippen molar-refractivity contribution in [2.45, 2.75) is 52.0 Å². The van der Waals surface area contributed by atoms with Crippen LogP contribution in [-0.2, 0) is 0 Å². The maximum atomic E-state index is 12.9. The fraction of sp³-hybridized carbons (Fsp3) is 0.588. The Morgan fingerprint density at radius 1 is 1.05 bits per heavy atom. The number of benzene rings is 1. The number of aryl methyl sites for hydroxylation is 1. The zero-order valence-electron chi connectivity index (χ0n) is 12.4. The van der Waals surface area contributed by atoms with Gasteiger partial charge in [0.25, 0.3) is 0 Å². The molecule has 0 bridgehead atoms. The maximum absolute atomic E-state index is 12.9. The van der Waals surface area contributed by atoms with Crippen LogP contribution in [0.4, 0.5) is 0 Å². The largest absolute Gasteiger partial charge is 0.292 e. The molecule has 1 heterocycles. The Kier molecular flexibility index (Phi) is 4.41. The molecule has 2 heteroatoms. The highest BCUT2D eigenvalue weighted by Gasteiger charge is 2.35. The van der Waals surface area contributed by atoms with Gasteiger partial charge in [0.1, 0.15) is 0 Å². The lowest BCUT2D eigenvalue weighted by Gasteiger charge is -2.37. The second-order valence-electron chi connectivity index (χ2n) is 6.10. The third kappa shape index (κ3) is 3.06. The summed E-state index contributed by atoms with van der Waals surface area (Å²) in [6, 6.07) is 7.92. The molecule has 0 unspecified atom stereocenters. The molecule has 2 rings (SSSR count). The van der Waals surface area contributed by atoms with Crippen molar-refractivity contribution in [1.82, 2.24) is 4.90 Å². The van der Waals surface area contributed by atoms with E-state index in [0.717, 1.165) is 24.2 Å². The minimum absolute atomic E-state index is 0.257. The Hall–Kier alpha value is -1.15. The Labute approximate surface area is 116 Å². The summed E-state index contributed by atoms with van der Waals surface area (Å²) in [7, 11) is 0. The van der Waals surface area contributed by atoms with Gasteiger partial charge in [0, 0.05) is 5.56 Å². The maximum Gasteiger partial charge on any atom is 0.182 e. The van der Waals surface area contributed by atoms with Crippen LogP contribution >= 0.6 is 0 Å². The number of likely N-dealkylation sites (tertiary alicyclic amines) is 1. The lowest BCUT2D eigenvalue weighted by Crippen LogP contribution is -2.50. The average molecular weight is 259 g/mol. The molecule has 2 nitrogen and oxygen atoms in total. The number of Topliss-reactive ketones (excluding diaryl/α,β-unsaturated/α-hetero) is 1. The molecule has 0 amide bonds. The van der Waals surface area contributed by atoms with E-state index in [1.807, 2.05) is 31.2 Å². The second kappa shape index (κ2) is 5.87. The van der Waals surface area contributed by atoms with Crippen molar-refractivity contribution in [2.24, 2.45) is 0 Å². The van der Waals surface area contributed by atoms with Crippen molar-refractivity contribution in [3.05, 3.63) is 35.4 Å². The van der Waals surface area contributed by atoms with Crippen LogP contribution in [0.15, 0.2) is 24.3 Å². The molecule has 0 spiro atoms. The number of hydrogen-bond donors (Lipinski definition) is 0. The number of carbonyl (C=O) groups is 1. The van der Waals surface area contributed by atoms with Gasteiger partial charge in [-0.2, -0.15) is 0 Å². The van der Waals surface area contributed by atoms with E-state index in [0.29, 0.717) is 0 Å². The minimum Gasteiger partial charge on any atom is -0.292 e. The highest BCUT2D eigenvalue weighted by atomic mass is 16.1. The van der Waals surface area contributed by atoms with Crippen LogP contribution in [0.5, 0.6) is 0 Å². The van der Waals surface area contributed by atoms with Crippen molar-refractivity contribution < 1.29 is 4.79 Å². The quantitative estimate of drug-likeness (QED) is 0.769. The first-order chi connectivity index (χ1) is 9.03. The van der Waals surface area contributed by atoms with Crippen LogP contribution in [0, 0.1) is 6.92 Å². The molecule has 0 saturated carbocycles. The standard InChI is InChI=1S/C17H25NO/c1-14-10-6-7-11-15(14)16(19)17(2,3)18-12-8-4-5-9-13-18/h6-7,10-11H,4-5,8-9,12-13H2,1-3H3. The number of ketones is 1. The van der Waals surface area contributed by atoms with Crippen molar-refractivity contribution in [1.29, 1.82) is 0 Å². The molecule has 1 fully saturated rings. The third-order valence-electron chi connectivity index (χ3n) is 4.34. The fourth-order valence-corrected chi connectivity index (χ4v) is 2.93. The van der Waals surface area contributed by atoms with Crippen molar-refractivity contribution >= 4 is 5.78 Å². The summed E-state index contributed by atoms with van der Waals surface area (Å²) >= 11 is 0. The van der Waals surface area contributed by atoms with Gasteiger partial charge in [0.2, 0.25) is 0 Å². The van der Waals surface area contributed by atoms with Gasteiger partial charge in [0.05, 0.1) is 5.54 Å². The number of rotatable bonds is 3. The Morgan fingerprint density at radius 2 is 1.63 bits per heavy atom. The van der Waals surface area contributed by atoms with E-state index in [4.69, 9.17) is 0 Å². The molecule has 0 N–H and O–H groups in total. The zero-order chi connectivity index (χ0) is 13.9. The van der Waals surface area contributed by atoms with Crippen LogP contribution in [0.25, 0.3) is 0 Å². The van der Waals surface area contributed by atoms with Gasteiger partial charge in [0.15, 0.2) is 5.78 Å². The van der Waals surface area contributed by atoms with E-state index in [9.17, 15) is 4.79 Å². The number of hydrogen-bond acceptors (Lipinski definition) is 2. The van der Waals surface area contributed by atoms with E-state index >= 15 is 0 Å². The Morgan fingerprint density at radius 3 is 2.21 bits per heavy atom.